The van der Waals surface area contributed by atoms with E-state index in [-0.39, 0.29) is 6.61 Å². The lowest BCUT2D eigenvalue weighted by Crippen LogP contribution is -2.66. The van der Waals surface area contributed by atoms with Crippen LogP contribution in [0.1, 0.15) is 0 Å². The summed E-state index contributed by atoms with van der Waals surface area (Å²) in [6.07, 6.45) is -3.98. The summed E-state index contributed by atoms with van der Waals surface area (Å²) < 4.78 is 5.29. The number of ether oxygens (including phenoxy) is 1. The molecule has 1 aromatic rings. The van der Waals surface area contributed by atoms with E-state index in [0.717, 1.165) is 0 Å². The molecule has 0 radical (unpaired) electrons. The molecule has 18 heavy (non-hydrogen) atoms. The Morgan fingerprint density at radius 2 is 1.89 bits per heavy atom. The second-order valence-electron chi connectivity index (χ2n) is 4.35. The lowest BCUT2D eigenvalue weighted by atomic mass is 9.94. The minimum absolute atomic E-state index is 0.168. The molecule has 1 aliphatic heterocycles. The molecule has 6 nitrogen and oxygen atoms in total. The third kappa shape index (κ3) is 2.33. The molecule has 0 aliphatic carbocycles. The number of rotatable bonds is 3. The van der Waals surface area contributed by atoms with Crippen molar-refractivity contribution in [3.8, 4) is 0 Å². The summed E-state index contributed by atoms with van der Waals surface area (Å²) in [4.78, 5) is 0. The molecule has 0 amide bonds. The van der Waals surface area contributed by atoms with Gasteiger partial charge in [0.25, 0.3) is 0 Å². The first-order chi connectivity index (χ1) is 8.59. The molecule has 1 fully saturated rings. The van der Waals surface area contributed by atoms with E-state index < -0.39 is 30.6 Å². The van der Waals surface area contributed by atoms with Crippen molar-refractivity contribution in [2.45, 2.75) is 24.0 Å². The average Bonchev–Trinajstić information content (AvgIpc) is 2.41. The molecule has 1 aromatic carbocycles. The third-order valence-corrected chi connectivity index (χ3v) is 3.07. The van der Waals surface area contributed by atoms with E-state index >= 15 is 0 Å². The number of hydrogen-bond donors (Lipinski definition) is 5. The number of aliphatic hydroxyl groups excluding tert-OH is 4. The van der Waals surface area contributed by atoms with Crippen molar-refractivity contribution in [3.63, 3.8) is 0 Å². The first-order valence-corrected chi connectivity index (χ1v) is 5.71. The van der Waals surface area contributed by atoms with Crippen LogP contribution in [0, 0.1) is 0 Å². The molecule has 1 saturated heterocycles. The van der Waals surface area contributed by atoms with E-state index in [1.54, 1.807) is 24.3 Å². The van der Waals surface area contributed by atoms with Gasteiger partial charge in [-0.2, -0.15) is 0 Å². The van der Waals surface area contributed by atoms with E-state index in [9.17, 15) is 20.4 Å². The minimum atomic E-state index is -1.51. The van der Waals surface area contributed by atoms with Crippen LogP contribution in [0.5, 0.6) is 0 Å². The van der Waals surface area contributed by atoms with Crippen molar-refractivity contribution < 1.29 is 25.2 Å². The van der Waals surface area contributed by atoms with Crippen LogP contribution in [0.2, 0.25) is 0 Å². The zero-order valence-electron chi connectivity index (χ0n) is 9.73. The topological polar surface area (TPSA) is 102 Å². The Morgan fingerprint density at radius 3 is 2.50 bits per heavy atom. The largest absolute Gasteiger partial charge is 0.391 e. The van der Waals surface area contributed by atoms with Gasteiger partial charge < -0.3 is 30.5 Å². The SMILES string of the molecule is OC[C@@]1(Nc2ccccc2)OC[C@@H](O)[C@@H](O)[C@@H]1O. The summed E-state index contributed by atoms with van der Waals surface area (Å²) in [5, 5.41) is 41.3. The van der Waals surface area contributed by atoms with Crippen LogP contribution in [-0.2, 0) is 4.74 Å². The monoisotopic (exact) mass is 255 g/mol. The number of aliphatic hydroxyl groups is 4. The van der Waals surface area contributed by atoms with E-state index in [2.05, 4.69) is 5.32 Å². The zero-order chi connectivity index (χ0) is 13.2. The lowest BCUT2D eigenvalue weighted by molar-refractivity contribution is -0.235. The highest BCUT2D eigenvalue weighted by molar-refractivity contribution is 5.45. The van der Waals surface area contributed by atoms with Crippen molar-refractivity contribution in [3.05, 3.63) is 30.3 Å². The van der Waals surface area contributed by atoms with Crippen molar-refractivity contribution in [2.75, 3.05) is 18.5 Å². The molecule has 5 N–H and O–H groups in total. The van der Waals surface area contributed by atoms with Crippen molar-refractivity contribution in [1.29, 1.82) is 0 Å². The van der Waals surface area contributed by atoms with Crippen molar-refractivity contribution >= 4 is 5.69 Å². The van der Waals surface area contributed by atoms with Gasteiger partial charge in [-0.1, -0.05) is 18.2 Å². The molecule has 0 unspecified atom stereocenters. The maximum Gasteiger partial charge on any atom is 0.190 e. The van der Waals surface area contributed by atoms with Gasteiger partial charge in [-0.3, -0.25) is 0 Å². The van der Waals surface area contributed by atoms with Gasteiger partial charge in [0, 0.05) is 5.69 Å². The Bertz CT molecular complexity index is 387. The molecule has 0 spiro atoms. The van der Waals surface area contributed by atoms with Crippen LogP contribution in [0.25, 0.3) is 0 Å². The van der Waals surface area contributed by atoms with Crippen molar-refractivity contribution in [1.82, 2.24) is 0 Å². The molecular weight excluding hydrogens is 238 g/mol. The molecule has 1 aliphatic rings. The highest BCUT2D eigenvalue weighted by Crippen LogP contribution is 2.27. The summed E-state index contributed by atoms with van der Waals surface area (Å²) in [6.45, 7) is -0.703. The fourth-order valence-electron chi connectivity index (χ4n) is 1.96. The molecule has 0 bridgehead atoms. The van der Waals surface area contributed by atoms with Gasteiger partial charge in [0.1, 0.15) is 18.3 Å². The van der Waals surface area contributed by atoms with Gasteiger partial charge in [0.05, 0.1) is 13.2 Å². The number of para-hydroxylation sites is 1. The summed E-state index contributed by atoms with van der Waals surface area (Å²) in [7, 11) is 0. The van der Waals surface area contributed by atoms with Crippen LogP contribution in [-0.4, -0.2) is 57.7 Å². The van der Waals surface area contributed by atoms with Crippen molar-refractivity contribution in [2.24, 2.45) is 0 Å². The second-order valence-corrected chi connectivity index (χ2v) is 4.35. The van der Waals surface area contributed by atoms with Crippen LogP contribution < -0.4 is 5.32 Å². The first kappa shape index (κ1) is 13.3. The van der Waals surface area contributed by atoms with Gasteiger partial charge in [-0.25, -0.2) is 0 Å². The van der Waals surface area contributed by atoms with Crippen LogP contribution in [0.15, 0.2) is 30.3 Å². The molecule has 4 atom stereocenters. The second kappa shape index (κ2) is 5.21. The maximum absolute atomic E-state index is 9.96. The van der Waals surface area contributed by atoms with Crippen LogP contribution in [0.4, 0.5) is 5.69 Å². The van der Waals surface area contributed by atoms with Gasteiger partial charge in [0.15, 0.2) is 5.72 Å². The molecule has 2 rings (SSSR count). The Morgan fingerprint density at radius 1 is 1.22 bits per heavy atom. The van der Waals surface area contributed by atoms with Gasteiger partial charge in [-0.05, 0) is 12.1 Å². The first-order valence-electron chi connectivity index (χ1n) is 5.71. The summed E-state index contributed by atoms with van der Waals surface area (Å²) in [5.41, 5.74) is -0.880. The van der Waals surface area contributed by atoms with Gasteiger partial charge in [-0.15, -0.1) is 0 Å². The molecule has 1 heterocycles. The molecule has 100 valence electrons. The number of anilines is 1. The quantitative estimate of drug-likeness (QED) is 0.470. The zero-order valence-corrected chi connectivity index (χ0v) is 9.73. The normalized spacial score (nSPS) is 36.3. The predicted octanol–water partition coefficient (Wildman–Crippen LogP) is -1.10. The molecule has 0 aromatic heterocycles. The predicted molar refractivity (Wildman–Crippen MR) is 63.9 cm³/mol. The van der Waals surface area contributed by atoms with E-state index in [1.165, 1.54) is 0 Å². The number of nitrogens with one attached hydrogen (secondary N) is 1. The number of hydrogen-bond acceptors (Lipinski definition) is 6. The Labute approximate surface area is 104 Å². The van der Waals surface area contributed by atoms with Crippen LogP contribution in [0.3, 0.4) is 0 Å². The highest BCUT2D eigenvalue weighted by atomic mass is 16.6. The Kier molecular flexibility index (Phi) is 3.84. The standard InChI is InChI=1S/C12H17NO5/c14-7-12(13-8-4-2-1-3-5-8)11(17)10(16)9(15)6-18-12/h1-5,9-11,13-17H,6-7H2/t9-,10-,11+,12-/m1/s1. The van der Waals surface area contributed by atoms with Gasteiger partial charge in [0.2, 0.25) is 0 Å². The summed E-state index contributed by atoms with van der Waals surface area (Å²) in [5.74, 6) is 0. The maximum atomic E-state index is 9.96. The molecular formula is C12H17NO5. The highest BCUT2D eigenvalue weighted by Gasteiger charge is 2.49. The Hall–Kier alpha value is -1.18. The smallest absolute Gasteiger partial charge is 0.190 e. The van der Waals surface area contributed by atoms with Crippen LogP contribution >= 0.6 is 0 Å². The van der Waals surface area contributed by atoms with E-state index in [0.29, 0.717) is 5.69 Å². The molecule has 6 heteroatoms. The minimum Gasteiger partial charge on any atom is -0.391 e. The van der Waals surface area contributed by atoms with E-state index in [4.69, 9.17) is 4.74 Å². The fraction of sp³-hybridized carbons (Fsp3) is 0.500. The van der Waals surface area contributed by atoms with Gasteiger partial charge >= 0.3 is 0 Å². The van der Waals surface area contributed by atoms with E-state index in [1.807, 2.05) is 6.07 Å². The summed E-state index contributed by atoms with van der Waals surface area (Å²) >= 11 is 0. The number of benzene rings is 1. The average molecular weight is 255 g/mol. The third-order valence-electron chi connectivity index (χ3n) is 3.07. The lowest BCUT2D eigenvalue weighted by Gasteiger charge is -2.45. The molecule has 0 saturated carbocycles. The Balaban J connectivity index is 2.20. The summed E-state index contributed by atoms with van der Waals surface area (Å²) in [6, 6.07) is 8.88. The fourth-order valence-corrected chi connectivity index (χ4v) is 1.96.